The maximum atomic E-state index is 11.8. The molecule has 3 N–H and O–H groups in total. The number of urea groups is 1. The first-order valence-corrected chi connectivity index (χ1v) is 7.13. The normalized spacial score (nSPS) is 26.0. The Kier molecular flexibility index (Phi) is 3.81. The summed E-state index contributed by atoms with van der Waals surface area (Å²) in [6.45, 7) is 0. The van der Waals surface area contributed by atoms with E-state index in [1.807, 2.05) is 11.8 Å². The molecule has 2 aliphatic rings. The van der Waals surface area contributed by atoms with E-state index in [1.165, 1.54) is 0 Å². The SMILES string of the molecule is O=C(O)CC1(NC(=O)NC2CCSC2)CCC1. The molecule has 96 valence electrons. The van der Waals surface area contributed by atoms with Crippen LogP contribution in [0.3, 0.4) is 0 Å². The van der Waals surface area contributed by atoms with Crippen molar-refractivity contribution in [1.29, 1.82) is 0 Å². The fourth-order valence-electron chi connectivity index (χ4n) is 2.35. The Morgan fingerprint density at radius 3 is 2.65 bits per heavy atom. The summed E-state index contributed by atoms with van der Waals surface area (Å²) in [4.78, 5) is 22.5. The molecule has 17 heavy (non-hydrogen) atoms. The highest BCUT2D eigenvalue weighted by molar-refractivity contribution is 7.99. The predicted octanol–water partition coefficient (Wildman–Crippen LogP) is 1.19. The molecule has 1 saturated heterocycles. The van der Waals surface area contributed by atoms with Crippen LogP contribution in [0.5, 0.6) is 0 Å². The molecule has 0 bridgehead atoms. The third-order valence-electron chi connectivity index (χ3n) is 3.44. The topological polar surface area (TPSA) is 78.4 Å². The van der Waals surface area contributed by atoms with E-state index in [0.717, 1.165) is 37.2 Å². The molecule has 1 aliphatic heterocycles. The van der Waals surface area contributed by atoms with Crippen molar-refractivity contribution >= 4 is 23.8 Å². The van der Waals surface area contributed by atoms with E-state index in [1.54, 1.807) is 0 Å². The molecule has 0 aromatic carbocycles. The van der Waals surface area contributed by atoms with Gasteiger partial charge in [-0.3, -0.25) is 4.79 Å². The minimum Gasteiger partial charge on any atom is -0.481 e. The van der Waals surface area contributed by atoms with Gasteiger partial charge in [0.25, 0.3) is 0 Å². The van der Waals surface area contributed by atoms with Crippen LogP contribution in [0.4, 0.5) is 4.79 Å². The Bertz CT molecular complexity index is 312. The molecule has 2 fully saturated rings. The molecule has 1 saturated carbocycles. The second-order valence-electron chi connectivity index (χ2n) is 4.86. The lowest BCUT2D eigenvalue weighted by atomic mass is 9.74. The molecule has 0 radical (unpaired) electrons. The lowest BCUT2D eigenvalue weighted by Gasteiger charge is -2.41. The average Bonchev–Trinajstić information content (AvgIpc) is 2.66. The average molecular weight is 258 g/mol. The molecule has 2 amide bonds. The van der Waals surface area contributed by atoms with E-state index in [9.17, 15) is 9.59 Å². The molecular formula is C11H18N2O3S. The molecule has 1 aliphatic carbocycles. The summed E-state index contributed by atoms with van der Waals surface area (Å²) in [5.41, 5.74) is -0.498. The van der Waals surface area contributed by atoms with Crippen LogP contribution in [0.15, 0.2) is 0 Å². The van der Waals surface area contributed by atoms with E-state index in [-0.39, 0.29) is 18.5 Å². The van der Waals surface area contributed by atoms with Gasteiger partial charge >= 0.3 is 12.0 Å². The quantitative estimate of drug-likeness (QED) is 0.707. The van der Waals surface area contributed by atoms with Crippen molar-refractivity contribution in [3.63, 3.8) is 0 Å². The van der Waals surface area contributed by atoms with Gasteiger partial charge in [0.15, 0.2) is 0 Å². The van der Waals surface area contributed by atoms with Gasteiger partial charge in [-0.2, -0.15) is 11.8 Å². The van der Waals surface area contributed by atoms with Crippen molar-refractivity contribution in [3.05, 3.63) is 0 Å². The van der Waals surface area contributed by atoms with E-state index in [0.29, 0.717) is 0 Å². The number of carboxylic acid groups (broad SMARTS) is 1. The monoisotopic (exact) mass is 258 g/mol. The number of rotatable bonds is 4. The van der Waals surface area contributed by atoms with Crippen LogP contribution in [0.2, 0.25) is 0 Å². The summed E-state index contributed by atoms with van der Waals surface area (Å²) in [7, 11) is 0. The smallest absolute Gasteiger partial charge is 0.315 e. The van der Waals surface area contributed by atoms with Crippen molar-refractivity contribution in [1.82, 2.24) is 10.6 Å². The predicted molar refractivity (Wildman–Crippen MR) is 66.2 cm³/mol. The molecule has 1 unspecified atom stereocenters. The van der Waals surface area contributed by atoms with Gasteiger partial charge in [0.05, 0.1) is 12.0 Å². The Morgan fingerprint density at radius 1 is 1.41 bits per heavy atom. The highest BCUT2D eigenvalue weighted by Crippen LogP contribution is 2.34. The van der Waals surface area contributed by atoms with Crippen molar-refractivity contribution in [2.24, 2.45) is 0 Å². The van der Waals surface area contributed by atoms with E-state index >= 15 is 0 Å². The Balaban J connectivity index is 1.81. The summed E-state index contributed by atoms with van der Waals surface area (Å²) in [5.74, 6) is 1.20. The first-order valence-electron chi connectivity index (χ1n) is 5.98. The van der Waals surface area contributed by atoms with Gasteiger partial charge in [0.2, 0.25) is 0 Å². The van der Waals surface area contributed by atoms with Crippen LogP contribution in [0.1, 0.15) is 32.1 Å². The zero-order valence-electron chi connectivity index (χ0n) is 9.70. The maximum Gasteiger partial charge on any atom is 0.315 e. The number of aliphatic carboxylic acids is 1. The molecule has 0 spiro atoms. The van der Waals surface area contributed by atoms with Crippen molar-refractivity contribution < 1.29 is 14.7 Å². The van der Waals surface area contributed by atoms with Crippen molar-refractivity contribution in [2.75, 3.05) is 11.5 Å². The Hall–Kier alpha value is -0.910. The number of amides is 2. The summed E-state index contributed by atoms with van der Waals surface area (Å²) in [5, 5.41) is 14.6. The van der Waals surface area contributed by atoms with Crippen LogP contribution in [0.25, 0.3) is 0 Å². The van der Waals surface area contributed by atoms with Crippen molar-refractivity contribution in [3.8, 4) is 0 Å². The summed E-state index contributed by atoms with van der Waals surface area (Å²) >= 11 is 1.84. The number of nitrogens with one attached hydrogen (secondary N) is 2. The van der Waals surface area contributed by atoms with Crippen LogP contribution >= 0.6 is 11.8 Å². The molecule has 1 atom stereocenters. The summed E-state index contributed by atoms with van der Waals surface area (Å²) < 4.78 is 0. The highest BCUT2D eigenvalue weighted by Gasteiger charge is 2.40. The number of carboxylic acids is 1. The van der Waals surface area contributed by atoms with Gasteiger partial charge in [-0.25, -0.2) is 4.79 Å². The van der Waals surface area contributed by atoms with Crippen LogP contribution < -0.4 is 10.6 Å². The maximum absolute atomic E-state index is 11.8. The lowest BCUT2D eigenvalue weighted by molar-refractivity contribution is -0.139. The van der Waals surface area contributed by atoms with Gasteiger partial charge in [0, 0.05) is 11.8 Å². The molecular weight excluding hydrogens is 240 g/mol. The summed E-state index contributed by atoms with van der Waals surface area (Å²) in [6.07, 6.45) is 3.56. The van der Waals surface area contributed by atoms with Gasteiger partial charge in [-0.05, 0) is 31.4 Å². The number of hydrogen-bond acceptors (Lipinski definition) is 3. The molecule has 5 nitrogen and oxygen atoms in total. The molecule has 2 rings (SSSR count). The molecule has 6 heteroatoms. The van der Waals surface area contributed by atoms with Crippen LogP contribution in [0, 0.1) is 0 Å². The Labute approximate surface area is 105 Å². The fraction of sp³-hybridized carbons (Fsp3) is 0.818. The minimum atomic E-state index is -0.846. The summed E-state index contributed by atoms with van der Waals surface area (Å²) in [6, 6.07) is 0.0282. The fourth-order valence-corrected chi connectivity index (χ4v) is 3.50. The third-order valence-corrected chi connectivity index (χ3v) is 4.61. The van der Waals surface area contributed by atoms with Crippen LogP contribution in [-0.4, -0.2) is 40.2 Å². The number of hydrogen-bond donors (Lipinski definition) is 3. The lowest BCUT2D eigenvalue weighted by Crippen LogP contribution is -2.58. The highest BCUT2D eigenvalue weighted by atomic mass is 32.2. The van der Waals surface area contributed by atoms with E-state index in [2.05, 4.69) is 10.6 Å². The van der Waals surface area contributed by atoms with Gasteiger partial charge < -0.3 is 15.7 Å². The second-order valence-corrected chi connectivity index (χ2v) is 6.01. The molecule has 0 aromatic heterocycles. The van der Waals surface area contributed by atoms with Crippen LogP contribution in [-0.2, 0) is 4.79 Å². The van der Waals surface area contributed by atoms with E-state index in [4.69, 9.17) is 5.11 Å². The first-order chi connectivity index (χ1) is 8.10. The Morgan fingerprint density at radius 2 is 2.18 bits per heavy atom. The molecule has 0 aromatic rings. The van der Waals surface area contributed by atoms with Gasteiger partial charge in [-0.1, -0.05) is 0 Å². The third kappa shape index (κ3) is 3.28. The standard InChI is InChI=1S/C11H18N2O3S/c14-9(15)6-11(3-1-4-11)13-10(16)12-8-2-5-17-7-8/h8H,1-7H2,(H,14,15)(H2,12,13,16). The van der Waals surface area contributed by atoms with E-state index < -0.39 is 11.5 Å². The van der Waals surface area contributed by atoms with Crippen molar-refractivity contribution in [2.45, 2.75) is 43.7 Å². The second kappa shape index (κ2) is 5.16. The first kappa shape index (κ1) is 12.5. The largest absolute Gasteiger partial charge is 0.481 e. The number of carbonyl (C=O) groups is 2. The zero-order valence-corrected chi connectivity index (χ0v) is 10.5. The van der Waals surface area contributed by atoms with Gasteiger partial charge in [0.1, 0.15) is 0 Å². The number of thioether (sulfide) groups is 1. The zero-order chi connectivity index (χ0) is 12.3. The van der Waals surface area contributed by atoms with Gasteiger partial charge in [-0.15, -0.1) is 0 Å². The minimum absolute atomic E-state index is 0.0276. The number of carbonyl (C=O) groups excluding carboxylic acids is 1. The molecule has 1 heterocycles.